The van der Waals surface area contributed by atoms with Crippen LogP contribution in [0.3, 0.4) is 0 Å². The van der Waals surface area contributed by atoms with Gasteiger partial charge in [-0.1, -0.05) is 15.9 Å². The largest absolute Gasteiger partial charge is 0.341 e. The maximum atomic E-state index is 12.6. The molecule has 1 N–H and O–H groups in total. The number of rotatable bonds is 4. The molecule has 128 valence electrons. The lowest BCUT2D eigenvalue weighted by Crippen LogP contribution is -2.47. The minimum absolute atomic E-state index is 0.163. The van der Waals surface area contributed by atoms with Crippen molar-refractivity contribution in [2.24, 2.45) is 5.92 Å². The van der Waals surface area contributed by atoms with Crippen LogP contribution >= 0.6 is 15.9 Å². The fourth-order valence-corrected chi connectivity index (χ4v) is 3.75. The SMILES string of the molecule is CNCC1CCCN(C(=O)CN2C(=O)c3ccc(Br)cc3C2=O)C1. The Labute approximate surface area is 149 Å². The molecule has 2 heterocycles. The number of fused-ring (bicyclic) bond motifs is 1. The van der Waals surface area contributed by atoms with E-state index in [9.17, 15) is 14.4 Å². The van der Waals surface area contributed by atoms with Crippen molar-refractivity contribution in [1.29, 1.82) is 0 Å². The molecule has 0 spiro atoms. The van der Waals surface area contributed by atoms with Crippen LogP contribution < -0.4 is 5.32 Å². The molecule has 6 nitrogen and oxygen atoms in total. The van der Waals surface area contributed by atoms with Crippen molar-refractivity contribution in [3.63, 3.8) is 0 Å². The van der Waals surface area contributed by atoms with Crippen molar-refractivity contribution in [2.45, 2.75) is 12.8 Å². The highest BCUT2D eigenvalue weighted by Gasteiger charge is 2.37. The normalized spacial score (nSPS) is 20.5. The summed E-state index contributed by atoms with van der Waals surface area (Å²) in [6.07, 6.45) is 2.04. The Hall–Kier alpha value is -1.73. The van der Waals surface area contributed by atoms with Crippen LogP contribution in [0.4, 0.5) is 0 Å². The van der Waals surface area contributed by atoms with E-state index in [0.717, 1.165) is 28.8 Å². The average molecular weight is 394 g/mol. The number of amides is 3. The van der Waals surface area contributed by atoms with E-state index in [0.29, 0.717) is 30.1 Å². The summed E-state index contributed by atoms with van der Waals surface area (Å²) in [4.78, 5) is 40.2. The summed E-state index contributed by atoms with van der Waals surface area (Å²) >= 11 is 3.30. The first-order chi connectivity index (χ1) is 11.5. The van der Waals surface area contributed by atoms with E-state index in [1.807, 2.05) is 7.05 Å². The van der Waals surface area contributed by atoms with Crippen LogP contribution in [0.1, 0.15) is 33.6 Å². The molecule has 2 aliphatic heterocycles. The molecular weight excluding hydrogens is 374 g/mol. The fourth-order valence-electron chi connectivity index (χ4n) is 3.39. The molecule has 0 aliphatic carbocycles. The third-order valence-corrected chi connectivity index (χ3v) is 5.08. The lowest BCUT2D eigenvalue weighted by atomic mass is 9.98. The standard InChI is InChI=1S/C17H20BrN3O3/c1-19-8-11-3-2-6-20(9-11)15(22)10-21-16(23)13-5-4-12(18)7-14(13)17(21)24/h4-5,7,11,19H,2-3,6,8-10H2,1H3. The van der Waals surface area contributed by atoms with Crippen LogP contribution in [0.25, 0.3) is 0 Å². The highest BCUT2D eigenvalue weighted by atomic mass is 79.9. The van der Waals surface area contributed by atoms with Gasteiger partial charge in [-0.25, -0.2) is 0 Å². The third kappa shape index (κ3) is 3.23. The minimum Gasteiger partial charge on any atom is -0.341 e. The maximum absolute atomic E-state index is 12.6. The van der Waals surface area contributed by atoms with Gasteiger partial charge >= 0.3 is 0 Å². The Bertz CT molecular complexity index is 690. The number of piperidine rings is 1. The molecule has 3 rings (SSSR count). The van der Waals surface area contributed by atoms with Crippen molar-refractivity contribution in [1.82, 2.24) is 15.1 Å². The van der Waals surface area contributed by atoms with Gasteiger partial charge in [0.15, 0.2) is 0 Å². The summed E-state index contributed by atoms with van der Waals surface area (Å²) in [5.74, 6) is -0.525. The van der Waals surface area contributed by atoms with Crippen LogP contribution in [0.5, 0.6) is 0 Å². The average Bonchev–Trinajstić information content (AvgIpc) is 2.80. The zero-order valence-corrected chi connectivity index (χ0v) is 15.1. The van der Waals surface area contributed by atoms with E-state index < -0.39 is 5.91 Å². The molecule has 0 saturated carbocycles. The van der Waals surface area contributed by atoms with E-state index in [4.69, 9.17) is 0 Å². The Morgan fingerprint density at radius 1 is 1.29 bits per heavy atom. The molecule has 1 unspecified atom stereocenters. The minimum atomic E-state index is -0.395. The van der Waals surface area contributed by atoms with Gasteiger partial charge in [-0.2, -0.15) is 0 Å². The van der Waals surface area contributed by atoms with Crippen LogP contribution in [0.15, 0.2) is 22.7 Å². The predicted molar refractivity (Wildman–Crippen MR) is 92.7 cm³/mol. The molecule has 1 aromatic rings. The first-order valence-corrected chi connectivity index (χ1v) is 8.88. The molecule has 3 amide bonds. The van der Waals surface area contributed by atoms with Crippen LogP contribution in [-0.4, -0.2) is 60.7 Å². The molecule has 0 bridgehead atoms. The van der Waals surface area contributed by atoms with Gasteiger partial charge in [-0.15, -0.1) is 0 Å². The van der Waals surface area contributed by atoms with Crippen LogP contribution in [0, 0.1) is 5.92 Å². The van der Waals surface area contributed by atoms with Gasteiger partial charge in [0.2, 0.25) is 5.91 Å². The molecule has 0 aromatic heterocycles. The van der Waals surface area contributed by atoms with Crippen molar-refractivity contribution in [3.8, 4) is 0 Å². The number of carbonyl (C=O) groups excluding carboxylic acids is 3. The Balaban J connectivity index is 1.69. The first-order valence-electron chi connectivity index (χ1n) is 8.09. The zero-order chi connectivity index (χ0) is 17.3. The molecule has 0 radical (unpaired) electrons. The molecule has 24 heavy (non-hydrogen) atoms. The number of carbonyl (C=O) groups is 3. The highest BCUT2D eigenvalue weighted by molar-refractivity contribution is 9.10. The van der Waals surface area contributed by atoms with Crippen molar-refractivity contribution in [3.05, 3.63) is 33.8 Å². The molecule has 7 heteroatoms. The number of nitrogens with zero attached hydrogens (tertiary/aromatic N) is 2. The number of hydrogen-bond donors (Lipinski definition) is 1. The molecule has 2 aliphatic rings. The molecule has 1 fully saturated rings. The number of halogens is 1. The third-order valence-electron chi connectivity index (χ3n) is 4.59. The number of imide groups is 1. The maximum Gasteiger partial charge on any atom is 0.262 e. The van der Waals surface area contributed by atoms with Crippen LogP contribution in [0.2, 0.25) is 0 Å². The van der Waals surface area contributed by atoms with E-state index in [2.05, 4.69) is 21.2 Å². The van der Waals surface area contributed by atoms with Crippen molar-refractivity contribution < 1.29 is 14.4 Å². The van der Waals surface area contributed by atoms with Crippen LogP contribution in [-0.2, 0) is 4.79 Å². The Morgan fingerprint density at radius 2 is 2.04 bits per heavy atom. The fraction of sp³-hybridized carbons (Fsp3) is 0.471. The van der Waals surface area contributed by atoms with E-state index in [1.165, 1.54) is 0 Å². The summed E-state index contributed by atoms with van der Waals surface area (Å²) in [5, 5.41) is 3.14. The predicted octanol–water partition coefficient (Wildman–Crippen LogP) is 1.50. The molecule has 1 atom stereocenters. The lowest BCUT2D eigenvalue weighted by molar-refractivity contribution is -0.133. The summed E-state index contributed by atoms with van der Waals surface area (Å²) in [6.45, 7) is 2.04. The summed E-state index contributed by atoms with van der Waals surface area (Å²) in [7, 11) is 1.90. The van der Waals surface area contributed by atoms with Gasteiger partial charge in [0.05, 0.1) is 11.1 Å². The van der Waals surface area contributed by atoms with Gasteiger partial charge < -0.3 is 10.2 Å². The number of nitrogens with one attached hydrogen (secondary N) is 1. The van der Waals surface area contributed by atoms with E-state index in [-0.39, 0.29) is 18.4 Å². The second kappa shape index (κ2) is 7.03. The summed E-state index contributed by atoms with van der Waals surface area (Å²) < 4.78 is 0.738. The first kappa shape index (κ1) is 17.1. The van der Waals surface area contributed by atoms with Gasteiger partial charge in [0, 0.05) is 17.6 Å². The van der Waals surface area contributed by atoms with Gasteiger partial charge in [0.25, 0.3) is 11.8 Å². The molecule has 1 aromatic carbocycles. The van der Waals surface area contributed by atoms with Gasteiger partial charge in [0.1, 0.15) is 6.54 Å². The topological polar surface area (TPSA) is 69.7 Å². The second-order valence-electron chi connectivity index (χ2n) is 6.29. The highest BCUT2D eigenvalue weighted by Crippen LogP contribution is 2.26. The van der Waals surface area contributed by atoms with E-state index >= 15 is 0 Å². The van der Waals surface area contributed by atoms with Gasteiger partial charge in [-0.05, 0) is 50.6 Å². The number of benzene rings is 1. The number of likely N-dealkylation sites (tertiary alicyclic amines) is 1. The Morgan fingerprint density at radius 3 is 2.79 bits per heavy atom. The molecular formula is C17H20BrN3O3. The van der Waals surface area contributed by atoms with Crippen molar-refractivity contribution in [2.75, 3.05) is 33.2 Å². The summed E-state index contributed by atoms with van der Waals surface area (Å²) in [5.41, 5.74) is 0.719. The second-order valence-corrected chi connectivity index (χ2v) is 7.21. The van der Waals surface area contributed by atoms with Crippen molar-refractivity contribution >= 4 is 33.7 Å². The van der Waals surface area contributed by atoms with Gasteiger partial charge in [-0.3, -0.25) is 19.3 Å². The monoisotopic (exact) mass is 393 g/mol. The Kier molecular flexibility index (Phi) is 5.01. The zero-order valence-electron chi connectivity index (χ0n) is 13.5. The molecule has 1 saturated heterocycles. The quantitative estimate of drug-likeness (QED) is 0.786. The summed E-state index contributed by atoms with van der Waals surface area (Å²) in [6, 6.07) is 4.97. The van der Waals surface area contributed by atoms with E-state index in [1.54, 1.807) is 23.1 Å². The lowest BCUT2D eigenvalue weighted by Gasteiger charge is -2.33. The smallest absolute Gasteiger partial charge is 0.262 e. The number of hydrogen-bond acceptors (Lipinski definition) is 4.